The molecule has 0 saturated carbocycles. The Labute approximate surface area is 118 Å². The lowest BCUT2D eigenvalue weighted by Crippen LogP contribution is -2.17. The maximum absolute atomic E-state index is 6.17. The molecule has 19 heavy (non-hydrogen) atoms. The first-order chi connectivity index (χ1) is 9.24. The molecule has 2 aromatic rings. The molecule has 0 amide bonds. The summed E-state index contributed by atoms with van der Waals surface area (Å²) >= 11 is 6.17. The predicted octanol–water partition coefficient (Wildman–Crippen LogP) is 4.53. The number of nitrogens with zero attached hydrogens (tertiary/aromatic N) is 1. The summed E-state index contributed by atoms with van der Waals surface area (Å²) in [6.07, 6.45) is 5.32. The SMILES string of the molecule is Cc1cnc(Cl)c(NC2CCCc3ccccc32)c1. The van der Waals surface area contributed by atoms with Crippen molar-refractivity contribution >= 4 is 17.3 Å². The highest BCUT2D eigenvalue weighted by atomic mass is 35.5. The van der Waals surface area contributed by atoms with Crippen molar-refractivity contribution in [3.8, 4) is 0 Å². The van der Waals surface area contributed by atoms with Crippen LogP contribution in [0, 0.1) is 6.92 Å². The topological polar surface area (TPSA) is 24.9 Å². The Kier molecular flexibility index (Phi) is 3.43. The molecule has 1 N–H and O–H groups in total. The number of pyridine rings is 1. The van der Waals surface area contributed by atoms with Gasteiger partial charge in [0.05, 0.1) is 11.7 Å². The van der Waals surface area contributed by atoms with Gasteiger partial charge in [-0.3, -0.25) is 0 Å². The fraction of sp³-hybridized carbons (Fsp3) is 0.312. The van der Waals surface area contributed by atoms with Crippen molar-refractivity contribution in [3.05, 3.63) is 58.4 Å². The van der Waals surface area contributed by atoms with E-state index in [1.807, 2.05) is 6.92 Å². The summed E-state index contributed by atoms with van der Waals surface area (Å²) < 4.78 is 0. The molecular formula is C16H17ClN2. The predicted molar refractivity (Wildman–Crippen MR) is 79.7 cm³/mol. The molecule has 3 rings (SSSR count). The van der Waals surface area contributed by atoms with Crippen molar-refractivity contribution < 1.29 is 0 Å². The molecule has 0 radical (unpaired) electrons. The summed E-state index contributed by atoms with van der Waals surface area (Å²) in [6.45, 7) is 2.03. The summed E-state index contributed by atoms with van der Waals surface area (Å²) in [7, 11) is 0. The minimum Gasteiger partial charge on any atom is -0.376 e. The second kappa shape index (κ2) is 5.22. The van der Waals surface area contributed by atoms with Crippen LogP contribution >= 0.6 is 11.6 Å². The van der Waals surface area contributed by atoms with Crippen LogP contribution < -0.4 is 5.32 Å². The fourth-order valence-electron chi connectivity index (χ4n) is 2.75. The Balaban J connectivity index is 1.90. The van der Waals surface area contributed by atoms with E-state index in [4.69, 9.17) is 11.6 Å². The maximum Gasteiger partial charge on any atom is 0.152 e. The van der Waals surface area contributed by atoms with Gasteiger partial charge in [0, 0.05) is 6.20 Å². The summed E-state index contributed by atoms with van der Waals surface area (Å²) in [5, 5.41) is 4.10. The number of hydrogen-bond donors (Lipinski definition) is 1. The van der Waals surface area contributed by atoms with Crippen LogP contribution in [0.5, 0.6) is 0 Å². The average molecular weight is 273 g/mol. The summed E-state index contributed by atoms with van der Waals surface area (Å²) in [4.78, 5) is 4.20. The fourth-order valence-corrected chi connectivity index (χ4v) is 2.90. The lowest BCUT2D eigenvalue weighted by molar-refractivity contribution is 0.600. The monoisotopic (exact) mass is 272 g/mol. The molecule has 98 valence electrons. The van der Waals surface area contributed by atoms with E-state index < -0.39 is 0 Å². The lowest BCUT2D eigenvalue weighted by atomic mass is 9.87. The number of fused-ring (bicyclic) bond motifs is 1. The highest BCUT2D eigenvalue weighted by molar-refractivity contribution is 6.32. The molecule has 1 aromatic heterocycles. The van der Waals surface area contributed by atoms with Crippen LogP contribution in [0.25, 0.3) is 0 Å². The first-order valence-electron chi connectivity index (χ1n) is 6.70. The van der Waals surface area contributed by atoms with Gasteiger partial charge in [-0.2, -0.15) is 0 Å². The minimum atomic E-state index is 0.339. The highest BCUT2D eigenvalue weighted by Crippen LogP contribution is 2.34. The van der Waals surface area contributed by atoms with E-state index in [2.05, 4.69) is 40.6 Å². The number of benzene rings is 1. The van der Waals surface area contributed by atoms with Gasteiger partial charge in [0.1, 0.15) is 0 Å². The number of rotatable bonds is 2. The summed E-state index contributed by atoms with van der Waals surface area (Å²) in [5.41, 5.74) is 4.90. The van der Waals surface area contributed by atoms with Crippen molar-refractivity contribution in [1.82, 2.24) is 4.98 Å². The quantitative estimate of drug-likeness (QED) is 0.813. The Morgan fingerprint density at radius 3 is 3.05 bits per heavy atom. The number of aromatic nitrogens is 1. The molecule has 0 bridgehead atoms. The molecule has 0 aliphatic heterocycles. The highest BCUT2D eigenvalue weighted by Gasteiger charge is 2.20. The van der Waals surface area contributed by atoms with Crippen LogP contribution in [0.15, 0.2) is 36.5 Å². The third-order valence-electron chi connectivity index (χ3n) is 3.67. The van der Waals surface area contributed by atoms with Gasteiger partial charge in [-0.05, 0) is 48.9 Å². The van der Waals surface area contributed by atoms with Crippen LogP contribution in [0.2, 0.25) is 5.15 Å². The maximum atomic E-state index is 6.17. The Morgan fingerprint density at radius 1 is 1.32 bits per heavy atom. The van der Waals surface area contributed by atoms with E-state index in [0.717, 1.165) is 17.7 Å². The van der Waals surface area contributed by atoms with Gasteiger partial charge in [-0.1, -0.05) is 35.9 Å². The number of hydrogen-bond acceptors (Lipinski definition) is 2. The van der Waals surface area contributed by atoms with Gasteiger partial charge >= 0.3 is 0 Å². The van der Waals surface area contributed by atoms with E-state index in [0.29, 0.717) is 11.2 Å². The molecule has 0 fully saturated rings. The van der Waals surface area contributed by atoms with Crippen LogP contribution in [0.1, 0.15) is 35.6 Å². The van der Waals surface area contributed by atoms with E-state index in [-0.39, 0.29) is 0 Å². The number of anilines is 1. The molecule has 1 unspecified atom stereocenters. The lowest BCUT2D eigenvalue weighted by Gasteiger charge is -2.27. The van der Waals surface area contributed by atoms with Crippen LogP contribution in [0.3, 0.4) is 0 Å². The Bertz CT molecular complexity index is 595. The van der Waals surface area contributed by atoms with Crippen molar-refractivity contribution in [3.63, 3.8) is 0 Å². The average Bonchev–Trinajstić information content (AvgIpc) is 2.43. The number of nitrogens with one attached hydrogen (secondary N) is 1. The largest absolute Gasteiger partial charge is 0.376 e. The number of aryl methyl sites for hydroxylation is 2. The third-order valence-corrected chi connectivity index (χ3v) is 3.98. The van der Waals surface area contributed by atoms with Crippen LogP contribution in [-0.2, 0) is 6.42 Å². The van der Waals surface area contributed by atoms with Crippen molar-refractivity contribution in [2.75, 3.05) is 5.32 Å². The Morgan fingerprint density at radius 2 is 2.16 bits per heavy atom. The second-order valence-corrected chi connectivity index (χ2v) is 5.50. The number of halogens is 1. The summed E-state index contributed by atoms with van der Waals surface area (Å²) in [6, 6.07) is 11.1. The summed E-state index contributed by atoms with van der Waals surface area (Å²) in [5.74, 6) is 0. The minimum absolute atomic E-state index is 0.339. The van der Waals surface area contributed by atoms with E-state index in [1.165, 1.54) is 24.0 Å². The zero-order valence-electron chi connectivity index (χ0n) is 11.0. The molecule has 0 spiro atoms. The first-order valence-corrected chi connectivity index (χ1v) is 7.08. The zero-order valence-corrected chi connectivity index (χ0v) is 11.7. The first kappa shape index (κ1) is 12.5. The van der Waals surface area contributed by atoms with Gasteiger partial charge in [0.2, 0.25) is 0 Å². The Hall–Kier alpha value is -1.54. The second-order valence-electron chi connectivity index (χ2n) is 5.14. The molecule has 1 atom stereocenters. The van der Waals surface area contributed by atoms with Crippen molar-refractivity contribution in [1.29, 1.82) is 0 Å². The molecule has 1 aliphatic carbocycles. The standard InChI is InChI=1S/C16H17ClN2/c1-11-9-15(16(17)18-10-11)19-14-8-4-6-12-5-2-3-7-13(12)14/h2-3,5,7,9-10,14,19H,4,6,8H2,1H3. The molecule has 1 aliphatic rings. The van der Waals surface area contributed by atoms with Crippen LogP contribution in [0.4, 0.5) is 5.69 Å². The smallest absolute Gasteiger partial charge is 0.152 e. The molecule has 1 heterocycles. The normalized spacial score (nSPS) is 17.9. The molecule has 1 aromatic carbocycles. The van der Waals surface area contributed by atoms with Gasteiger partial charge in [-0.25, -0.2) is 4.98 Å². The zero-order chi connectivity index (χ0) is 13.2. The van der Waals surface area contributed by atoms with Gasteiger partial charge in [0.15, 0.2) is 5.15 Å². The van der Waals surface area contributed by atoms with Crippen LogP contribution in [-0.4, -0.2) is 4.98 Å². The van der Waals surface area contributed by atoms with E-state index >= 15 is 0 Å². The third kappa shape index (κ3) is 2.59. The van der Waals surface area contributed by atoms with E-state index in [1.54, 1.807) is 6.20 Å². The molecule has 2 nitrogen and oxygen atoms in total. The molecule has 3 heteroatoms. The molecular weight excluding hydrogens is 256 g/mol. The van der Waals surface area contributed by atoms with Gasteiger partial charge in [0.25, 0.3) is 0 Å². The van der Waals surface area contributed by atoms with Crippen molar-refractivity contribution in [2.24, 2.45) is 0 Å². The van der Waals surface area contributed by atoms with Gasteiger partial charge in [-0.15, -0.1) is 0 Å². The van der Waals surface area contributed by atoms with E-state index in [9.17, 15) is 0 Å². The van der Waals surface area contributed by atoms with Gasteiger partial charge < -0.3 is 5.32 Å². The van der Waals surface area contributed by atoms with Crippen molar-refractivity contribution in [2.45, 2.75) is 32.2 Å². The molecule has 0 saturated heterocycles.